The van der Waals surface area contributed by atoms with Crippen molar-refractivity contribution in [3.05, 3.63) is 42.2 Å². The molecule has 6 heteroatoms. The Morgan fingerprint density at radius 1 is 1.26 bits per heavy atom. The molecule has 1 aromatic carbocycles. The van der Waals surface area contributed by atoms with Crippen LogP contribution in [0.25, 0.3) is 11.0 Å². The van der Waals surface area contributed by atoms with Crippen LogP contribution in [0.1, 0.15) is 11.6 Å². The third kappa shape index (κ3) is 2.33. The number of alkyl halides is 1. The number of fused-ring (bicyclic) bond motifs is 1. The lowest BCUT2D eigenvalue weighted by molar-refractivity contribution is 0.654. The first-order valence-electron chi connectivity index (χ1n) is 6.12. The van der Waals surface area contributed by atoms with Gasteiger partial charge in [-0.05, 0) is 12.1 Å². The van der Waals surface area contributed by atoms with Crippen LogP contribution in [0.5, 0.6) is 0 Å². The molecule has 0 spiro atoms. The summed E-state index contributed by atoms with van der Waals surface area (Å²) in [6.07, 6.45) is 2.48. The monoisotopic (exact) mass is 275 g/mol. The molecule has 0 aliphatic heterocycles. The van der Waals surface area contributed by atoms with Crippen molar-refractivity contribution in [1.29, 1.82) is 0 Å². The molecule has 0 bridgehead atoms. The molecule has 3 aromatic rings. The molecule has 0 saturated carbocycles. The smallest absolute Gasteiger partial charge is 0.152 e. The zero-order chi connectivity index (χ0) is 13.2. The van der Waals surface area contributed by atoms with E-state index in [1.165, 1.54) is 0 Å². The third-order valence-corrected chi connectivity index (χ3v) is 3.30. The van der Waals surface area contributed by atoms with Crippen LogP contribution < -0.4 is 0 Å². The number of aromatic nitrogens is 5. The lowest BCUT2D eigenvalue weighted by atomic mass is 10.3. The zero-order valence-electron chi connectivity index (χ0n) is 10.6. The number of imidazole rings is 1. The Balaban J connectivity index is 1.90. The van der Waals surface area contributed by atoms with Gasteiger partial charge in [-0.2, -0.15) is 5.10 Å². The number of rotatable bonds is 4. The summed E-state index contributed by atoms with van der Waals surface area (Å²) in [7, 11) is 1.87. The molecule has 0 saturated heterocycles. The molecule has 2 aromatic heterocycles. The molecule has 98 valence electrons. The second-order valence-corrected chi connectivity index (χ2v) is 4.65. The highest BCUT2D eigenvalue weighted by atomic mass is 35.5. The standard InChI is InChI=1S/C13H14ClN5/c1-18-9-15-12(17-18)6-7-19-11-5-3-2-4-10(11)16-13(19)8-14/h2-5,9H,6-8H2,1H3. The maximum Gasteiger partial charge on any atom is 0.152 e. The van der Waals surface area contributed by atoms with Crippen molar-refractivity contribution in [2.75, 3.05) is 0 Å². The van der Waals surface area contributed by atoms with Crippen molar-refractivity contribution in [2.24, 2.45) is 7.05 Å². The Bertz CT molecular complexity index is 700. The molecule has 0 amide bonds. The molecule has 0 atom stereocenters. The summed E-state index contributed by atoms with van der Waals surface area (Å²) >= 11 is 5.97. The zero-order valence-corrected chi connectivity index (χ0v) is 11.4. The fourth-order valence-electron chi connectivity index (χ4n) is 2.19. The largest absolute Gasteiger partial charge is 0.327 e. The first-order chi connectivity index (χ1) is 9.28. The summed E-state index contributed by atoms with van der Waals surface area (Å²) in [5.41, 5.74) is 2.08. The van der Waals surface area contributed by atoms with E-state index < -0.39 is 0 Å². The van der Waals surface area contributed by atoms with E-state index in [0.29, 0.717) is 5.88 Å². The number of benzene rings is 1. The third-order valence-electron chi connectivity index (χ3n) is 3.06. The van der Waals surface area contributed by atoms with E-state index in [1.807, 2.05) is 25.2 Å². The van der Waals surface area contributed by atoms with Crippen molar-refractivity contribution in [1.82, 2.24) is 24.3 Å². The van der Waals surface area contributed by atoms with Crippen LogP contribution in [0, 0.1) is 0 Å². The highest BCUT2D eigenvalue weighted by Crippen LogP contribution is 2.17. The summed E-state index contributed by atoms with van der Waals surface area (Å²) < 4.78 is 3.85. The van der Waals surface area contributed by atoms with Gasteiger partial charge in [0.2, 0.25) is 0 Å². The summed E-state index contributed by atoms with van der Waals surface area (Å²) in [6, 6.07) is 8.06. The van der Waals surface area contributed by atoms with Crippen LogP contribution in [-0.2, 0) is 25.9 Å². The van der Waals surface area contributed by atoms with E-state index in [4.69, 9.17) is 11.6 Å². The summed E-state index contributed by atoms with van der Waals surface area (Å²) in [5, 5.41) is 4.28. The number of hydrogen-bond acceptors (Lipinski definition) is 3. The minimum Gasteiger partial charge on any atom is -0.327 e. The van der Waals surface area contributed by atoms with Gasteiger partial charge in [-0.3, -0.25) is 4.68 Å². The number of aryl methyl sites for hydroxylation is 3. The highest BCUT2D eigenvalue weighted by molar-refractivity contribution is 6.16. The average molecular weight is 276 g/mol. The van der Waals surface area contributed by atoms with E-state index in [2.05, 4.69) is 25.7 Å². The van der Waals surface area contributed by atoms with Crippen LogP contribution in [0.2, 0.25) is 0 Å². The Hall–Kier alpha value is -1.88. The SMILES string of the molecule is Cn1cnc(CCn2c(CCl)nc3ccccc32)n1. The van der Waals surface area contributed by atoms with Gasteiger partial charge in [-0.1, -0.05) is 12.1 Å². The molecule has 0 radical (unpaired) electrons. The number of nitrogens with zero attached hydrogens (tertiary/aromatic N) is 5. The van der Waals surface area contributed by atoms with Crippen LogP contribution in [0.4, 0.5) is 0 Å². The minimum atomic E-state index is 0.407. The molecule has 19 heavy (non-hydrogen) atoms. The molecular weight excluding hydrogens is 262 g/mol. The second kappa shape index (κ2) is 5.01. The fraction of sp³-hybridized carbons (Fsp3) is 0.308. The first-order valence-corrected chi connectivity index (χ1v) is 6.66. The Kier molecular flexibility index (Phi) is 3.21. The maximum atomic E-state index is 5.97. The number of para-hydroxylation sites is 2. The first kappa shape index (κ1) is 12.2. The van der Waals surface area contributed by atoms with Crippen molar-refractivity contribution < 1.29 is 0 Å². The van der Waals surface area contributed by atoms with E-state index in [9.17, 15) is 0 Å². The van der Waals surface area contributed by atoms with Crippen molar-refractivity contribution in [3.8, 4) is 0 Å². The normalized spacial score (nSPS) is 11.3. The van der Waals surface area contributed by atoms with Gasteiger partial charge in [0.25, 0.3) is 0 Å². The molecule has 0 unspecified atom stereocenters. The maximum absolute atomic E-state index is 5.97. The Morgan fingerprint density at radius 3 is 2.84 bits per heavy atom. The molecule has 0 N–H and O–H groups in total. The van der Waals surface area contributed by atoms with Gasteiger partial charge in [0, 0.05) is 20.0 Å². The van der Waals surface area contributed by atoms with Crippen LogP contribution in [0.15, 0.2) is 30.6 Å². The van der Waals surface area contributed by atoms with Gasteiger partial charge in [-0.25, -0.2) is 9.97 Å². The Morgan fingerprint density at radius 2 is 2.11 bits per heavy atom. The summed E-state index contributed by atoms with van der Waals surface area (Å²) in [5.74, 6) is 2.13. The predicted molar refractivity (Wildman–Crippen MR) is 74.0 cm³/mol. The summed E-state index contributed by atoms with van der Waals surface area (Å²) in [6.45, 7) is 0.784. The topological polar surface area (TPSA) is 48.5 Å². The van der Waals surface area contributed by atoms with Gasteiger partial charge in [0.15, 0.2) is 5.82 Å². The van der Waals surface area contributed by atoms with E-state index in [-0.39, 0.29) is 0 Å². The van der Waals surface area contributed by atoms with Gasteiger partial charge in [-0.15, -0.1) is 11.6 Å². The van der Waals surface area contributed by atoms with E-state index in [0.717, 1.165) is 35.6 Å². The predicted octanol–water partition coefficient (Wildman–Crippen LogP) is 2.15. The van der Waals surface area contributed by atoms with Gasteiger partial charge >= 0.3 is 0 Å². The number of halogens is 1. The van der Waals surface area contributed by atoms with E-state index >= 15 is 0 Å². The molecule has 3 rings (SSSR count). The molecule has 0 aliphatic rings. The van der Waals surface area contributed by atoms with Crippen molar-refractivity contribution in [3.63, 3.8) is 0 Å². The molecule has 2 heterocycles. The van der Waals surface area contributed by atoms with Crippen LogP contribution >= 0.6 is 11.6 Å². The molecular formula is C13H14ClN5. The van der Waals surface area contributed by atoms with Gasteiger partial charge in [0.05, 0.1) is 16.9 Å². The molecule has 0 aliphatic carbocycles. The van der Waals surface area contributed by atoms with Crippen molar-refractivity contribution >= 4 is 22.6 Å². The van der Waals surface area contributed by atoms with Crippen molar-refractivity contribution in [2.45, 2.75) is 18.8 Å². The highest BCUT2D eigenvalue weighted by Gasteiger charge is 2.10. The lowest BCUT2D eigenvalue weighted by Crippen LogP contribution is -2.06. The lowest BCUT2D eigenvalue weighted by Gasteiger charge is -2.05. The quantitative estimate of drug-likeness (QED) is 0.686. The molecule has 5 nitrogen and oxygen atoms in total. The minimum absolute atomic E-state index is 0.407. The van der Waals surface area contributed by atoms with Crippen LogP contribution in [-0.4, -0.2) is 24.3 Å². The van der Waals surface area contributed by atoms with Crippen LogP contribution in [0.3, 0.4) is 0 Å². The van der Waals surface area contributed by atoms with Gasteiger partial charge < -0.3 is 4.57 Å². The average Bonchev–Trinajstić information content (AvgIpc) is 2.99. The summed E-state index contributed by atoms with van der Waals surface area (Å²) in [4.78, 5) is 8.77. The second-order valence-electron chi connectivity index (χ2n) is 4.39. The Labute approximate surface area is 115 Å². The van der Waals surface area contributed by atoms with Gasteiger partial charge in [0.1, 0.15) is 12.2 Å². The van der Waals surface area contributed by atoms with E-state index in [1.54, 1.807) is 11.0 Å². The molecule has 0 fully saturated rings. The number of hydrogen-bond donors (Lipinski definition) is 0. The fourth-order valence-corrected chi connectivity index (χ4v) is 2.39.